The lowest BCUT2D eigenvalue weighted by atomic mass is 10.1. The summed E-state index contributed by atoms with van der Waals surface area (Å²) < 4.78 is 5.43. The Morgan fingerprint density at radius 1 is 0.966 bits per heavy atom. The van der Waals surface area contributed by atoms with Gasteiger partial charge in [0.25, 0.3) is 11.8 Å². The van der Waals surface area contributed by atoms with Crippen molar-refractivity contribution in [3.05, 3.63) is 83.8 Å². The second-order valence-corrected chi connectivity index (χ2v) is 7.96. The Morgan fingerprint density at radius 3 is 2.41 bits per heavy atom. The van der Waals surface area contributed by atoms with Gasteiger partial charge in [0, 0.05) is 40.6 Å². The van der Waals surface area contributed by atoms with Crippen molar-refractivity contribution in [1.82, 2.24) is 4.90 Å². The van der Waals surface area contributed by atoms with E-state index in [1.54, 1.807) is 36.0 Å². The van der Waals surface area contributed by atoms with E-state index in [2.05, 4.69) is 5.32 Å². The van der Waals surface area contributed by atoms with E-state index in [-0.39, 0.29) is 11.8 Å². The Hall–Kier alpha value is -2.99. The maximum absolute atomic E-state index is 12.6. The van der Waals surface area contributed by atoms with Crippen molar-refractivity contribution in [3.63, 3.8) is 0 Å². The SMILES string of the molecule is O=C(Nc1ccc(C(=O)N2CCCC2)cc1)c1occc1CSc1ccccc1. The summed E-state index contributed by atoms with van der Waals surface area (Å²) in [5, 5.41) is 2.85. The number of furan rings is 1. The highest BCUT2D eigenvalue weighted by Crippen LogP contribution is 2.25. The number of nitrogens with one attached hydrogen (secondary N) is 1. The van der Waals surface area contributed by atoms with E-state index in [1.807, 2.05) is 41.3 Å². The molecule has 4 rings (SSSR count). The van der Waals surface area contributed by atoms with Crippen molar-refractivity contribution in [2.24, 2.45) is 0 Å². The highest BCUT2D eigenvalue weighted by Gasteiger charge is 2.20. The second kappa shape index (κ2) is 9.01. The van der Waals surface area contributed by atoms with Crippen LogP contribution in [0.15, 0.2) is 76.2 Å². The Morgan fingerprint density at radius 2 is 1.69 bits per heavy atom. The van der Waals surface area contributed by atoms with E-state index in [9.17, 15) is 9.59 Å². The molecule has 5 nitrogen and oxygen atoms in total. The quantitative estimate of drug-likeness (QED) is 0.581. The van der Waals surface area contributed by atoms with E-state index in [0.29, 0.717) is 22.8 Å². The van der Waals surface area contributed by atoms with Gasteiger partial charge in [0.2, 0.25) is 0 Å². The summed E-state index contributed by atoms with van der Waals surface area (Å²) in [4.78, 5) is 28.1. The monoisotopic (exact) mass is 406 g/mol. The molecule has 2 aromatic carbocycles. The summed E-state index contributed by atoms with van der Waals surface area (Å²) >= 11 is 1.65. The molecule has 0 radical (unpaired) electrons. The van der Waals surface area contributed by atoms with Crippen molar-refractivity contribution in [2.75, 3.05) is 18.4 Å². The fourth-order valence-corrected chi connectivity index (χ4v) is 4.21. The molecule has 2 heterocycles. The topological polar surface area (TPSA) is 62.6 Å². The van der Waals surface area contributed by atoms with Gasteiger partial charge < -0.3 is 14.6 Å². The summed E-state index contributed by atoms with van der Waals surface area (Å²) in [5.74, 6) is 0.710. The van der Waals surface area contributed by atoms with Gasteiger partial charge in [-0.3, -0.25) is 9.59 Å². The van der Waals surface area contributed by atoms with Crippen molar-refractivity contribution < 1.29 is 14.0 Å². The summed E-state index contributed by atoms with van der Waals surface area (Å²) in [6.45, 7) is 1.64. The first-order valence-corrected chi connectivity index (χ1v) is 10.6. The summed E-state index contributed by atoms with van der Waals surface area (Å²) in [6, 6.07) is 18.9. The first-order chi connectivity index (χ1) is 14.2. The van der Waals surface area contributed by atoms with Gasteiger partial charge in [0.15, 0.2) is 5.76 Å². The third-order valence-corrected chi connectivity index (χ3v) is 5.93. The molecule has 1 aliphatic rings. The molecule has 0 spiro atoms. The van der Waals surface area contributed by atoms with Gasteiger partial charge >= 0.3 is 0 Å². The molecule has 3 aromatic rings. The minimum absolute atomic E-state index is 0.0478. The molecular formula is C23H22N2O3S. The molecule has 0 unspecified atom stereocenters. The number of likely N-dealkylation sites (tertiary alicyclic amines) is 1. The molecule has 148 valence electrons. The maximum atomic E-state index is 12.6. The first-order valence-electron chi connectivity index (χ1n) is 9.65. The Bertz CT molecular complexity index is 977. The minimum atomic E-state index is -0.294. The van der Waals surface area contributed by atoms with E-state index in [4.69, 9.17) is 4.42 Å². The Kier molecular flexibility index (Phi) is 6.00. The molecule has 1 aliphatic heterocycles. The predicted octanol–water partition coefficient (Wildman–Crippen LogP) is 5.06. The fourth-order valence-electron chi connectivity index (χ4n) is 3.31. The second-order valence-electron chi connectivity index (χ2n) is 6.91. The van der Waals surface area contributed by atoms with Gasteiger partial charge in [-0.1, -0.05) is 18.2 Å². The molecule has 1 fully saturated rings. The number of benzene rings is 2. The van der Waals surface area contributed by atoms with Gasteiger partial charge in [-0.05, 0) is 55.3 Å². The fraction of sp³-hybridized carbons (Fsp3) is 0.217. The zero-order chi connectivity index (χ0) is 20.1. The molecule has 0 atom stereocenters. The minimum Gasteiger partial charge on any atom is -0.459 e. The number of nitrogens with zero attached hydrogens (tertiary/aromatic N) is 1. The number of carbonyl (C=O) groups excluding carboxylic acids is 2. The standard InChI is InChI=1S/C23H22N2O3S/c26-22(21-18(12-15-28-21)16-29-20-6-2-1-3-7-20)24-19-10-8-17(9-11-19)23(27)25-13-4-5-14-25/h1-3,6-12,15H,4-5,13-14,16H2,(H,24,26). The van der Waals surface area contributed by atoms with E-state index in [1.165, 1.54) is 6.26 Å². The largest absolute Gasteiger partial charge is 0.459 e. The number of carbonyl (C=O) groups is 2. The van der Waals surface area contributed by atoms with Crippen molar-refractivity contribution in [3.8, 4) is 0 Å². The molecule has 2 amide bonds. The molecule has 1 aromatic heterocycles. The zero-order valence-corrected chi connectivity index (χ0v) is 16.8. The normalized spacial score (nSPS) is 13.4. The molecule has 0 bridgehead atoms. The molecule has 6 heteroatoms. The number of hydrogen-bond acceptors (Lipinski definition) is 4. The van der Waals surface area contributed by atoms with Crippen LogP contribution in [0.4, 0.5) is 5.69 Å². The lowest BCUT2D eigenvalue weighted by molar-refractivity contribution is 0.0792. The van der Waals surface area contributed by atoms with Crippen LogP contribution in [0.2, 0.25) is 0 Å². The van der Waals surface area contributed by atoms with E-state index < -0.39 is 0 Å². The number of rotatable bonds is 6. The highest BCUT2D eigenvalue weighted by atomic mass is 32.2. The van der Waals surface area contributed by atoms with Gasteiger partial charge in [-0.2, -0.15) is 0 Å². The third kappa shape index (κ3) is 4.71. The van der Waals surface area contributed by atoms with Crippen LogP contribution in [0.3, 0.4) is 0 Å². The summed E-state index contributed by atoms with van der Waals surface area (Å²) in [6.07, 6.45) is 3.66. The predicted molar refractivity (Wildman–Crippen MR) is 114 cm³/mol. The van der Waals surface area contributed by atoms with E-state index >= 15 is 0 Å². The zero-order valence-electron chi connectivity index (χ0n) is 16.0. The molecule has 29 heavy (non-hydrogen) atoms. The Balaban J connectivity index is 1.38. The van der Waals surface area contributed by atoms with Crippen LogP contribution in [0.5, 0.6) is 0 Å². The van der Waals surface area contributed by atoms with Gasteiger partial charge in [-0.15, -0.1) is 11.8 Å². The first kappa shape index (κ1) is 19.3. The molecule has 1 N–H and O–H groups in total. The van der Waals surface area contributed by atoms with Crippen LogP contribution in [0.25, 0.3) is 0 Å². The van der Waals surface area contributed by atoms with Crippen molar-refractivity contribution >= 4 is 29.3 Å². The van der Waals surface area contributed by atoms with Gasteiger partial charge in [0.1, 0.15) is 0 Å². The number of thioether (sulfide) groups is 1. The summed E-state index contributed by atoms with van der Waals surface area (Å²) in [7, 11) is 0. The lowest BCUT2D eigenvalue weighted by Gasteiger charge is -2.15. The molecule has 1 saturated heterocycles. The smallest absolute Gasteiger partial charge is 0.291 e. The van der Waals surface area contributed by atoms with Crippen LogP contribution in [-0.4, -0.2) is 29.8 Å². The Labute approximate surface area is 174 Å². The number of anilines is 1. The van der Waals surface area contributed by atoms with Gasteiger partial charge in [-0.25, -0.2) is 0 Å². The van der Waals surface area contributed by atoms with Crippen LogP contribution < -0.4 is 5.32 Å². The van der Waals surface area contributed by atoms with Crippen LogP contribution in [-0.2, 0) is 5.75 Å². The molecule has 0 saturated carbocycles. The summed E-state index contributed by atoms with van der Waals surface area (Å²) in [5.41, 5.74) is 2.12. The van der Waals surface area contributed by atoms with Crippen LogP contribution in [0, 0.1) is 0 Å². The molecule has 0 aliphatic carbocycles. The number of amides is 2. The molecular weight excluding hydrogens is 384 g/mol. The highest BCUT2D eigenvalue weighted by molar-refractivity contribution is 7.98. The van der Waals surface area contributed by atoms with Gasteiger partial charge in [0.05, 0.1) is 6.26 Å². The van der Waals surface area contributed by atoms with Crippen LogP contribution >= 0.6 is 11.8 Å². The lowest BCUT2D eigenvalue weighted by Crippen LogP contribution is -2.27. The third-order valence-electron chi connectivity index (χ3n) is 4.87. The van der Waals surface area contributed by atoms with Crippen molar-refractivity contribution in [1.29, 1.82) is 0 Å². The number of hydrogen-bond donors (Lipinski definition) is 1. The van der Waals surface area contributed by atoms with Crippen LogP contribution in [0.1, 0.15) is 39.3 Å². The van der Waals surface area contributed by atoms with Crippen molar-refractivity contribution in [2.45, 2.75) is 23.5 Å². The maximum Gasteiger partial charge on any atom is 0.291 e. The van der Waals surface area contributed by atoms with E-state index in [0.717, 1.165) is 36.4 Å². The average molecular weight is 407 g/mol. The average Bonchev–Trinajstić information content (AvgIpc) is 3.45.